The summed E-state index contributed by atoms with van der Waals surface area (Å²) in [7, 11) is 0. The average Bonchev–Trinajstić information content (AvgIpc) is 2.79. The van der Waals surface area contributed by atoms with Gasteiger partial charge in [0.15, 0.2) is 5.78 Å². The summed E-state index contributed by atoms with van der Waals surface area (Å²) in [4.78, 5) is 36.9. The number of rotatable bonds is 14. The normalized spacial score (nSPS) is 10.6. The fraction of sp³-hybridized carbons (Fsp3) is 0.400. The van der Waals surface area contributed by atoms with Gasteiger partial charge in [-0.3, -0.25) is 14.4 Å². The average molecular weight is 475 g/mol. The lowest BCUT2D eigenvalue weighted by Crippen LogP contribution is -2.09. The van der Waals surface area contributed by atoms with Crippen molar-refractivity contribution >= 4 is 43.0 Å². The van der Waals surface area contributed by atoms with E-state index in [2.05, 4.69) is 25.3 Å². The van der Waals surface area contributed by atoms with Crippen LogP contribution in [0, 0.1) is 0 Å². The van der Waals surface area contributed by atoms with Gasteiger partial charge in [-0.1, -0.05) is 37.1 Å². The Kier molecular flexibility index (Phi) is 12.0. The third kappa shape index (κ3) is 9.49. The second kappa shape index (κ2) is 14.7. The summed E-state index contributed by atoms with van der Waals surface area (Å²) in [6.45, 7) is 0. The molecule has 0 aliphatic rings. The number of carbonyl (C=O) groups excluding carboxylic acids is 3. The van der Waals surface area contributed by atoms with Crippen LogP contribution in [0.1, 0.15) is 67.3 Å². The Labute approximate surface area is 200 Å². The molecule has 0 N–H and O–H groups in total. The quantitative estimate of drug-likeness (QED) is 0.121. The van der Waals surface area contributed by atoms with Gasteiger partial charge in [0.25, 0.3) is 0 Å². The third-order valence-electron chi connectivity index (χ3n) is 4.73. The molecule has 0 aliphatic carbocycles. The Balaban J connectivity index is 1.96. The van der Waals surface area contributed by atoms with E-state index in [9.17, 15) is 14.4 Å². The first kappa shape index (κ1) is 26.0. The zero-order chi connectivity index (χ0) is 23.2. The van der Waals surface area contributed by atoms with Crippen LogP contribution in [0.2, 0.25) is 0 Å². The van der Waals surface area contributed by atoms with E-state index < -0.39 is 0 Å². The maximum absolute atomic E-state index is 12.9. The molecule has 0 atom stereocenters. The summed E-state index contributed by atoms with van der Waals surface area (Å²) in [5.74, 6) is 1.38. The highest BCUT2D eigenvalue weighted by Crippen LogP contribution is 2.21. The van der Waals surface area contributed by atoms with E-state index >= 15 is 0 Å². The molecule has 5 nitrogen and oxygen atoms in total. The van der Waals surface area contributed by atoms with Crippen LogP contribution in [0.15, 0.2) is 48.5 Å². The van der Waals surface area contributed by atoms with Crippen molar-refractivity contribution < 1.29 is 23.9 Å². The van der Waals surface area contributed by atoms with Crippen molar-refractivity contribution in [3.63, 3.8) is 0 Å². The monoisotopic (exact) mass is 474 g/mol. The number of unbranched alkanes of at least 4 members (excludes halogenated alkanes) is 4. The second-order valence-electron chi connectivity index (χ2n) is 7.40. The standard InChI is InChI=1S/C25H30O5S2/c26-23(13-3-1-5-15-31)29-21-11-7-9-19(17-21)25(28)20-10-8-12-22(18-20)30-24(27)14-4-2-6-16-32/h7-12,17-18,31-32H,1-6,13-16H2. The highest BCUT2D eigenvalue weighted by molar-refractivity contribution is 7.80. The molecule has 0 saturated heterocycles. The van der Waals surface area contributed by atoms with Crippen LogP contribution >= 0.6 is 25.3 Å². The van der Waals surface area contributed by atoms with Crippen molar-refractivity contribution in [3.05, 3.63) is 59.7 Å². The van der Waals surface area contributed by atoms with Gasteiger partial charge in [0.05, 0.1) is 0 Å². The van der Waals surface area contributed by atoms with E-state index in [-0.39, 0.29) is 17.7 Å². The van der Waals surface area contributed by atoms with Gasteiger partial charge in [-0.15, -0.1) is 0 Å². The minimum absolute atomic E-state index is 0.247. The van der Waals surface area contributed by atoms with Crippen LogP contribution in [0.25, 0.3) is 0 Å². The molecule has 0 amide bonds. The molecule has 2 aromatic rings. The molecule has 0 radical (unpaired) electrons. The molecule has 2 rings (SSSR count). The van der Waals surface area contributed by atoms with Crippen molar-refractivity contribution in [2.45, 2.75) is 51.4 Å². The first-order valence-electron chi connectivity index (χ1n) is 10.9. The van der Waals surface area contributed by atoms with Crippen molar-refractivity contribution in [1.82, 2.24) is 0 Å². The Morgan fingerprint density at radius 2 is 1.06 bits per heavy atom. The van der Waals surface area contributed by atoms with E-state index in [4.69, 9.17) is 9.47 Å². The number of thiol groups is 2. The topological polar surface area (TPSA) is 69.7 Å². The van der Waals surface area contributed by atoms with E-state index in [0.717, 1.165) is 50.0 Å². The van der Waals surface area contributed by atoms with E-state index in [1.54, 1.807) is 48.5 Å². The summed E-state index contributed by atoms with van der Waals surface area (Å²) in [5.41, 5.74) is 0.779. The van der Waals surface area contributed by atoms with Crippen LogP contribution in [-0.4, -0.2) is 29.2 Å². The van der Waals surface area contributed by atoms with Gasteiger partial charge in [-0.25, -0.2) is 0 Å². The fourth-order valence-electron chi connectivity index (χ4n) is 3.05. The van der Waals surface area contributed by atoms with Crippen molar-refractivity contribution in [2.75, 3.05) is 11.5 Å². The molecule has 2 aromatic carbocycles. The molecule has 7 heteroatoms. The molecule has 0 saturated carbocycles. The first-order valence-corrected chi connectivity index (χ1v) is 12.2. The van der Waals surface area contributed by atoms with Crippen molar-refractivity contribution in [1.29, 1.82) is 0 Å². The van der Waals surface area contributed by atoms with Gasteiger partial charge in [0.2, 0.25) is 0 Å². The summed E-state index contributed by atoms with van der Waals surface area (Å²) in [6.07, 6.45) is 5.93. The number of benzene rings is 2. The van der Waals surface area contributed by atoms with Gasteiger partial charge >= 0.3 is 11.9 Å². The lowest BCUT2D eigenvalue weighted by Gasteiger charge is -2.08. The third-order valence-corrected chi connectivity index (χ3v) is 5.37. The zero-order valence-electron chi connectivity index (χ0n) is 18.1. The summed E-state index contributed by atoms with van der Waals surface area (Å²) >= 11 is 8.31. The van der Waals surface area contributed by atoms with Crippen LogP contribution in [0.5, 0.6) is 11.5 Å². The SMILES string of the molecule is O=C(CCCCCS)Oc1cccc(C(=O)c2cccc(OC(=O)CCCCCS)c2)c1. The first-order chi connectivity index (χ1) is 15.5. The minimum atomic E-state index is -0.322. The number of ether oxygens (including phenoxy) is 2. The van der Waals surface area contributed by atoms with E-state index in [1.165, 1.54) is 0 Å². The highest BCUT2D eigenvalue weighted by Gasteiger charge is 2.13. The summed E-state index contributed by atoms with van der Waals surface area (Å²) in [5, 5.41) is 0. The van der Waals surface area contributed by atoms with Crippen molar-refractivity contribution in [2.24, 2.45) is 0 Å². The summed E-state index contributed by atoms with van der Waals surface area (Å²) < 4.78 is 10.7. The number of hydrogen-bond donors (Lipinski definition) is 2. The molecule has 0 heterocycles. The van der Waals surface area contributed by atoms with Crippen LogP contribution in [0.3, 0.4) is 0 Å². The van der Waals surface area contributed by atoms with Gasteiger partial charge in [0.1, 0.15) is 11.5 Å². The van der Waals surface area contributed by atoms with E-state index in [1.807, 2.05) is 0 Å². The van der Waals surface area contributed by atoms with E-state index in [0.29, 0.717) is 35.5 Å². The Morgan fingerprint density at radius 3 is 1.47 bits per heavy atom. The molecular weight excluding hydrogens is 444 g/mol. The van der Waals surface area contributed by atoms with Crippen molar-refractivity contribution in [3.8, 4) is 11.5 Å². The predicted octanol–water partition coefficient (Wildman–Crippen LogP) is 5.71. The molecule has 0 fully saturated rings. The molecule has 0 aromatic heterocycles. The number of carbonyl (C=O) groups is 3. The zero-order valence-corrected chi connectivity index (χ0v) is 19.9. The lowest BCUT2D eigenvalue weighted by molar-refractivity contribution is -0.135. The van der Waals surface area contributed by atoms with Crippen LogP contribution < -0.4 is 9.47 Å². The van der Waals surface area contributed by atoms with Crippen LogP contribution in [-0.2, 0) is 9.59 Å². The fourth-order valence-corrected chi connectivity index (χ4v) is 3.50. The second-order valence-corrected chi connectivity index (χ2v) is 8.30. The van der Waals surface area contributed by atoms with Gasteiger partial charge in [0, 0.05) is 24.0 Å². The number of ketones is 1. The van der Waals surface area contributed by atoms with Crippen LogP contribution in [0.4, 0.5) is 0 Å². The Bertz CT molecular complexity index is 826. The summed E-state index contributed by atoms with van der Waals surface area (Å²) in [6, 6.07) is 13.1. The lowest BCUT2D eigenvalue weighted by atomic mass is 10.0. The minimum Gasteiger partial charge on any atom is -0.427 e. The van der Waals surface area contributed by atoms with Gasteiger partial charge in [-0.05, 0) is 61.5 Å². The van der Waals surface area contributed by atoms with Gasteiger partial charge < -0.3 is 9.47 Å². The number of hydrogen-bond acceptors (Lipinski definition) is 7. The Morgan fingerprint density at radius 1 is 0.625 bits per heavy atom. The smallest absolute Gasteiger partial charge is 0.311 e. The Hall–Kier alpha value is -2.25. The molecule has 0 aliphatic heterocycles. The molecule has 32 heavy (non-hydrogen) atoms. The maximum atomic E-state index is 12.9. The highest BCUT2D eigenvalue weighted by atomic mass is 32.1. The maximum Gasteiger partial charge on any atom is 0.311 e. The molecular formula is C25H30O5S2. The number of esters is 2. The molecule has 0 unspecified atom stereocenters. The van der Waals surface area contributed by atoms with Gasteiger partial charge in [-0.2, -0.15) is 25.3 Å². The predicted molar refractivity (Wildman–Crippen MR) is 132 cm³/mol. The molecule has 0 bridgehead atoms. The molecule has 172 valence electrons. The molecule has 0 spiro atoms. The largest absolute Gasteiger partial charge is 0.427 e.